The summed E-state index contributed by atoms with van der Waals surface area (Å²) in [4.78, 5) is 19.4. The molecule has 1 fully saturated rings. The number of rotatable bonds is 3. The van der Waals surface area contributed by atoms with E-state index >= 15 is 0 Å². The van der Waals surface area contributed by atoms with E-state index < -0.39 is 0 Å². The Morgan fingerprint density at radius 2 is 1.92 bits per heavy atom. The maximum Gasteiger partial charge on any atom is 0.266 e. The third kappa shape index (κ3) is 3.20. The summed E-state index contributed by atoms with van der Waals surface area (Å²) in [5, 5.41) is 0.672. The van der Waals surface area contributed by atoms with E-state index in [-0.39, 0.29) is 12.7 Å². The van der Waals surface area contributed by atoms with Crippen molar-refractivity contribution in [2.24, 2.45) is 4.99 Å². The van der Waals surface area contributed by atoms with Crippen molar-refractivity contribution in [2.75, 3.05) is 13.8 Å². The van der Waals surface area contributed by atoms with Crippen molar-refractivity contribution >= 4 is 34.6 Å². The lowest BCUT2D eigenvalue weighted by molar-refractivity contribution is -0.121. The molecule has 6 heteroatoms. The number of carbonyl (C=O) groups excluding carboxylic acids is 1. The lowest BCUT2D eigenvalue weighted by Gasteiger charge is -2.07. The molecular weight excluding hydrogens is 348 g/mol. The fourth-order valence-electron chi connectivity index (χ4n) is 2.72. The second kappa shape index (κ2) is 6.88. The van der Waals surface area contributed by atoms with Gasteiger partial charge in [-0.1, -0.05) is 25.1 Å². The molecule has 0 aromatic heterocycles. The second-order valence-corrected chi connectivity index (χ2v) is 7.01. The van der Waals surface area contributed by atoms with Crippen LogP contribution in [0.1, 0.15) is 18.1 Å². The average Bonchev–Trinajstić information content (AvgIpc) is 3.23. The molecule has 0 saturated carbocycles. The van der Waals surface area contributed by atoms with E-state index in [0.29, 0.717) is 15.8 Å². The second-order valence-electron chi connectivity index (χ2n) is 6.00. The van der Waals surface area contributed by atoms with Gasteiger partial charge in [-0.25, -0.2) is 4.99 Å². The number of hydrogen-bond donors (Lipinski definition) is 0. The Balaban J connectivity index is 1.59. The van der Waals surface area contributed by atoms with Crippen LogP contribution in [0.2, 0.25) is 0 Å². The van der Waals surface area contributed by atoms with Gasteiger partial charge in [-0.05, 0) is 59.7 Å². The van der Waals surface area contributed by atoms with Gasteiger partial charge in [0.1, 0.15) is 0 Å². The fraction of sp³-hybridized carbons (Fsp3) is 0.200. The molecule has 0 radical (unpaired) electrons. The van der Waals surface area contributed by atoms with Crippen LogP contribution in [0.4, 0.5) is 5.69 Å². The topological polar surface area (TPSA) is 51.1 Å². The van der Waals surface area contributed by atoms with E-state index in [4.69, 9.17) is 9.47 Å². The van der Waals surface area contributed by atoms with Crippen LogP contribution < -0.4 is 9.47 Å². The summed E-state index contributed by atoms with van der Waals surface area (Å²) in [6.07, 6.45) is 2.85. The standard InChI is InChI=1S/C20H18N2O3S/c1-3-13-4-7-15(8-5-13)21-20-22(2)19(23)18(26-20)11-14-6-9-16-17(10-14)25-12-24-16/h4-11H,3,12H2,1-2H3. The van der Waals surface area contributed by atoms with E-state index in [0.717, 1.165) is 23.4 Å². The Hall–Kier alpha value is -2.73. The molecule has 0 atom stereocenters. The first-order chi connectivity index (χ1) is 12.6. The Kier molecular flexibility index (Phi) is 4.42. The lowest BCUT2D eigenvalue weighted by atomic mass is 10.2. The van der Waals surface area contributed by atoms with Gasteiger partial charge in [-0.3, -0.25) is 9.69 Å². The van der Waals surface area contributed by atoms with Gasteiger partial charge < -0.3 is 9.47 Å². The number of nitrogens with zero attached hydrogens (tertiary/aromatic N) is 2. The molecular formula is C20H18N2O3S. The largest absolute Gasteiger partial charge is 0.454 e. The molecule has 0 unspecified atom stereocenters. The molecule has 0 aliphatic carbocycles. The first kappa shape index (κ1) is 16.7. The van der Waals surface area contributed by atoms with Crippen LogP contribution in [0.3, 0.4) is 0 Å². The molecule has 1 amide bonds. The Morgan fingerprint density at radius 1 is 1.15 bits per heavy atom. The summed E-state index contributed by atoms with van der Waals surface area (Å²) >= 11 is 1.38. The Bertz CT molecular complexity index is 919. The SMILES string of the molecule is CCc1ccc(N=C2SC(=Cc3ccc4c(c3)OCO4)C(=O)N2C)cc1. The zero-order chi connectivity index (χ0) is 18.1. The normalized spacial score (nSPS) is 19.0. The van der Waals surface area contributed by atoms with E-state index in [9.17, 15) is 4.79 Å². The highest BCUT2D eigenvalue weighted by Gasteiger charge is 2.30. The number of ether oxygens (including phenoxy) is 2. The molecule has 2 aromatic rings. The van der Waals surface area contributed by atoms with Gasteiger partial charge in [0, 0.05) is 7.05 Å². The van der Waals surface area contributed by atoms with Gasteiger partial charge in [0.05, 0.1) is 10.6 Å². The van der Waals surface area contributed by atoms with Gasteiger partial charge in [-0.2, -0.15) is 0 Å². The number of aryl methyl sites for hydroxylation is 1. The highest BCUT2D eigenvalue weighted by Crippen LogP contribution is 2.36. The van der Waals surface area contributed by atoms with E-state index in [1.807, 2.05) is 36.4 Å². The molecule has 2 heterocycles. The van der Waals surface area contributed by atoms with Crippen molar-refractivity contribution in [1.82, 2.24) is 4.90 Å². The van der Waals surface area contributed by atoms with Crippen LogP contribution >= 0.6 is 11.8 Å². The third-order valence-electron chi connectivity index (χ3n) is 4.27. The number of fused-ring (bicyclic) bond motifs is 1. The number of thioether (sulfide) groups is 1. The van der Waals surface area contributed by atoms with Crippen LogP contribution in [0.5, 0.6) is 11.5 Å². The molecule has 132 valence electrons. The Labute approximate surface area is 156 Å². The van der Waals surface area contributed by atoms with Crippen molar-refractivity contribution < 1.29 is 14.3 Å². The van der Waals surface area contributed by atoms with Gasteiger partial charge in [0.2, 0.25) is 6.79 Å². The minimum absolute atomic E-state index is 0.0587. The molecule has 0 spiro atoms. The summed E-state index contributed by atoms with van der Waals surface area (Å²) in [6, 6.07) is 13.7. The summed E-state index contributed by atoms with van der Waals surface area (Å²) in [5.74, 6) is 1.37. The zero-order valence-electron chi connectivity index (χ0n) is 14.6. The van der Waals surface area contributed by atoms with Crippen molar-refractivity contribution in [3.05, 3.63) is 58.5 Å². The van der Waals surface area contributed by atoms with Gasteiger partial charge in [-0.15, -0.1) is 0 Å². The monoisotopic (exact) mass is 366 g/mol. The summed E-state index contributed by atoms with van der Waals surface area (Å²) in [7, 11) is 1.75. The van der Waals surface area contributed by atoms with Crippen LogP contribution in [0, 0.1) is 0 Å². The predicted octanol–water partition coefficient (Wildman–Crippen LogP) is 4.21. The average molecular weight is 366 g/mol. The van der Waals surface area contributed by atoms with Crippen LogP contribution in [-0.4, -0.2) is 29.8 Å². The fourth-order valence-corrected chi connectivity index (χ4v) is 3.71. The first-order valence-corrected chi connectivity index (χ1v) is 9.20. The summed E-state index contributed by atoms with van der Waals surface area (Å²) in [6.45, 7) is 2.35. The number of benzene rings is 2. The van der Waals surface area contributed by atoms with Crippen LogP contribution in [0.15, 0.2) is 52.4 Å². The maximum absolute atomic E-state index is 12.5. The van der Waals surface area contributed by atoms with Crippen molar-refractivity contribution in [1.29, 1.82) is 0 Å². The quantitative estimate of drug-likeness (QED) is 0.764. The van der Waals surface area contributed by atoms with Crippen LogP contribution in [0.25, 0.3) is 6.08 Å². The predicted molar refractivity (Wildman–Crippen MR) is 104 cm³/mol. The minimum Gasteiger partial charge on any atom is -0.454 e. The lowest BCUT2D eigenvalue weighted by Crippen LogP contribution is -2.23. The van der Waals surface area contributed by atoms with Gasteiger partial charge in [0.25, 0.3) is 5.91 Å². The highest BCUT2D eigenvalue weighted by atomic mass is 32.2. The van der Waals surface area contributed by atoms with E-state index in [1.165, 1.54) is 17.3 Å². The third-order valence-corrected chi connectivity index (χ3v) is 5.33. The highest BCUT2D eigenvalue weighted by molar-refractivity contribution is 8.18. The zero-order valence-corrected chi connectivity index (χ0v) is 15.4. The van der Waals surface area contributed by atoms with Crippen molar-refractivity contribution in [3.8, 4) is 11.5 Å². The molecule has 1 saturated heterocycles. The number of aliphatic imine (C=N–C) groups is 1. The minimum atomic E-state index is -0.0587. The van der Waals surface area contributed by atoms with Crippen LogP contribution in [-0.2, 0) is 11.2 Å². The van der Waals surface area contributed by atoms with Crippen molar-refractivity contribution in [2.45, 2.75) is 13.3 Å². The molecule has 5 nitrogen and oxygen atoms in total. The Morgan fingerprint density at radius 3 is 2.69 bits per heavy atom. The van der Waals surface area contributed by atoms with E-state index in [1.54, 1.807) is 11.9 Å². The first-order valence-electron chi connectivity index (χ1n) is 8.39. The van der Waals surface area contributed by atoms with Gasteiger partial charge in [0.15, 0.2) is 16.7 Å². The smallest absolute Gasteiger partial charge is 0.266 e. The molecule has 0 bridgehead atoms. The van der Waals surface area contributed by atoms with Crippen molar-refractivity contribution in [3.63, 3.8) is 0 Å². The number of hydrogen-bond acceptors (Lipinski definition) is 5. The molecule has 26 heavy (non-hydrogen) atoms. The van der Waals surface area contributed by atoms with E-state index in [2.05, 4.69) is 24.0 Å². The molecule has 2 aromatic carbocycles. The number of carbonyl (C=O) groups is 1. The number of likely N-dealkylation sites (N-methyl/N-ethyl adjacent to an activating group) is 1. The molecule has 4 rings (SSSR count). The maximum atomic E-state index is 12.5. The number of amidine groups is 1. The summed E-state index contributed by atoms with van der Waals surface area (Å²) in [5.41, 5.74) is 3.00. The molecule has 2 aliphatic heterocycles. The number of amides is 1. The molecule has 0 N–H and O–H groups in total. The van der Waals surface area contributed by atoms with Gasteiger partial charge >= 0.3 is 0 Å². The summed E-state index contributed by atoms with van der Waals surface area (Å²) < 4.78 is 10.7. The molecule has 2 aliphatic rings.